The molecule has 0 aliphatic carbocycles. The summed E-state index contributed by atoms with van der Waals surface area (Å²) in [5.41, 5.74) is -1.59. The molecule has 0 aliphatic heterocycles. The summed E-state index contributed by atoms with van der Waals surface area (Å²) in [6, 6.07) is 2.06. The fraction of sp³-hybridized carbons (Fsp3) is 0.455. The van der Waals surface area contributed by atoms with E-state index in [1.165, 1.54) is 6.92 Å². The lowest BCUT2D eigenvalue weighted by atomic mass is 9.98. The van der Waals surface area contributed by atoms with E-state index in [0.717, 1.165) is 6.07 Å². The molecule has 1 nitrogen and oxygen atoms in total. The zero-order chi connectivity index (χ0) is 13.3. The number of aryl methyl sites for hydroxylation is 1. The average molecular weight is 254 g/mol. The summed E-state index contributed by atoms with van der Waals surface area (Å²) < 4.78 is 63.8. The minimum atomic E-state index is -4.55. The molecule has 0 saturated carbocycles. The predicted molar refractivity (Wildman–Crippen MR) is 51.8 cm³/mol. The topological polar surface area (TPSA) is 20.2 Å². The van der Waals surface area contributed by atoms with Crippen LogP contribution in [-0.2, 0) is 12.1 Å². The maximum absolute atomic E-state index is 13.4. The van der Waals surface area contributed by atoms with Crippen molar-refractivity contribution in [2.75, 3.05) is 6.61 Å². The molecule has 0 bridgehead atoms. The van der Waals surface area contributed by atoms with Crippen molar-refractivity contribution in [3.05, 3.63) is 34.9 Å². The maximum Gasteiger partial charge on any atom is 0.416 e. The summed E-state index contributed by atoms with van der Waals surface area (Å²) >= 11 is 0. The van der Waals surface area contributed by atoms with Gasteiger partial charge in [0.15, 0.2) is 0 Å². The van der Waals surface area contributed by atoms with E-state index >= 15 is 0 Å². The van der Waals surface area contributed by atoms with Gasteiger partial charge in [-0.3, -0.25) is 0 Å². The van der Waals surface area contributed by atoms with E-state index < -0.39 is 36.3 Å². The van der Waals surface area contributed by atoms with Gasteiger partial charge in [0.2, 0.25) is 0 Å². The van der Waals surface area contributed by atoms with E-state index in [-0.39, 0.29) is 5.56 Å². The summed E-state index contributed by atoms with van der Waals surface area (Å²) in [6.45, 7) is 0.462. The minimum Gasteiger partial charge on any atom is -0.396 e. The molecular weight excluding hydrogens is 243 g/mol. The Kier molecular flexibility index (Phi) is 3.76. The van der Waals surface area contributed by atoms with Crippen molar-refractivity contribution in [1.29, 1.82) is 0 Å². The van der Waals surface area contributed by atoms with Gasteiger partial charge in [0.1, 0.15) is 0 Å². The number of alkyl halides is 5. The van der Waals surface area contributed by atoms with Crippen LogP contribution in [0.1, 0.15) is 23.1 Å². The summed E-state index contributed by atoms with van der Waals surface area (Å²) in [5.74, 6) is -3.32. The quantitative estimate of drug-likeness (QED) is 0.818. The molecule has 0 spiro atoms. The van der Waals surface area contributed by atoms with Crippen LogP contribution in [0.25, 0.3) is 0 Å². The van der Waals surface area contributed by atoms with Crippen molar-refractivity contribution in [2.24, 2.45) is 0 Å². The van der Waals surface area contributed by atoms with E-state index in [1.807, 2.05) is 0 Å². The highest BCUT2D eigenvalue weighted by atomic mass is 19.4. The molecule has 17 heavy (non-hydrogen) atoms. The summed E-state index contributed by atoms with van der Waals surface area (Å²) in [5, 5.41) is 8.48. The van der Waals surface area contributed by atoms with E-state index in [1.54, 1.807) is 0 Å². The van der Waals surface area contributed by atoms with Crippen LogP contribution >= 0.6 is 0 Å². The van der Waals surface area contributed by atoms with E-state index in [4.69, 9.17) is 5.11 Å². The molecule has 0 unspecified atom stereocenters. The molecule has 0 radical (unpaired) electrons. The third-order valence-corrected chi connectivity index (χ3v) is 2.37. The van der Waals surface area contributed by atoms with Gasteiger partial charge in [-0.25, -0.2) is 8.78 Å². The molecule has 0 fully saturated rings. The highest BCUT2D eigenvalue weighted by Gasteiger charge is 2.35. The lowest BCUT2D eigenvalue weighted by Crippen LogP contribution is -2.17. The molecule has 6 heteroatoms. The number of hydrogen-bond donors (Lipinski definition) is 1. The molecule has 1 rings (SSSR count). The Bertz CT molecular complexity index is 397. The average Bonchev–Trinajstić information content (AvgIpc) is 2.15. The van der Waals surface area contributed by atoms with Crippen LogP contribution < -0.4 is 0 Å². The highest BCUT2D eigenvalue weighted by molar-refractivity contribution is 5.35. The van der Waals surface area contributed by atoms with Crippen molar-refractivity contribution in [3.8, 4) is 0 Å². The van der Waals surface area contributed by atoms with Gasteiger partial charge in [0.05, 0.1) is 5.56 Å². The molecule has 1 aromatic carbocycles. The van der Waals surface area contributed by atoms with Crippen LogP contribution in [-0.4, -0.2) is 11.7 Å². The molecule has 0 aliphatic rings. The maximum atomic E-state index is 13.4. The van der Waals surface area contributed by atoms with Crippen LogP contribution in [0.4, 0.5) is 22.0 Å². The Balaban J connectivity index is 3.14. The fourth-order valence-corrected chi connectivity index (χ4v) is 1.53. The first-order valence-electron chi connectivity index (χ1n) is 4.85. The Morgan fingerprint density at radius 2 is 1.71 bits per heavy atom. The normalized spacial score (nSPS) is 12.9. The fourth-order valence-electron chi connectivity index (χ4n) is 1.53. The molecule has 1 N–H and O–H groups in total. The molecule has 0 heterocycles. The SMILES string of the molecule is Cc1cc(C(F)(F)F)ccc1C(F)(F)CCO. The van der Waals surface area contributed by atoms with Gasteiger partial charge < -0.3 is 5.11 Å². The van der Waals surface area contributed by atoms with Crippen LogP contribution in [0.5, 0.6) is 0 Å². The smallest absolute Gasteiger partial charge is 0.396 e. The molecular formula is C11H11F5O. The number of halogens is 5. The molecule has 0 amide bonds. The van der Waals surface area contributed by atoms with Gasteiger partial charge in [-0.2, -0.15) is 13.2 Å². The van der Waals surface area contributed by atoms with Crippen LogP contribution in [0.2, 0.25) is 0 Å². The number of hydrogen-bond acceptors (Lipinski definition) is 1. The Labute approximate surface area is 94.9 Å². The number of aliphatic hydroxyl groups is 1. The molecule has 1 aromatic rings. The first kappa shape index (κ1) is 13.9. The lowest BCUT2D eigenvalue weighted by molar-refractivity contribution is -0.137. The zero-order valence-corrected chi connectivity index (χ0v) is 8.98. The Morgan fingerprint density at radius 3 is 2.12 bits per heavy atom. The van der Waals surface area contributed by atoms with Gasteiger partial charge >= 0.3 is 6.18 Å². The van der Waals surface area contributed by atoms with E-state index in [0.29, 0.717) is 12.1 Å². The molecule has 0 aromatic heterocycles. The second-order valence-corrected chi connectivity index (χ2v) is 3.71. The molecule has 0 atom stereocenters. The monoisotopic (exact) mass is 254 g/mol. The number of rotatable bonds is 3. The molecule has 0 saturated heterocycles. The second-order valence-electron chi connectivity index (χ2n) is 3.71. The van der Waals surface area contributed by atoms with Crippen molar-refractivity contribution in [3.63, 3.8) is 0 Å². The van der Waals surface area contributed by atoms with Gasteiger partial charge in [-0.05, 0) is 24.6 Å². The summed E-state index contributed by atoms with van der Waals surface area (Å²) in [4.78, 5) is 0. The highest BCUT2D eigenvalue weighted by Crippen LogP contribution is 2.37. The van der Waals surface area contributed by atoms with E-state index in [9.17, 15) is 22.0 Å². The predicted octanol–water partition coefficient (Wildman–Crippen LogP) is 3.49. The summed E-state index contributed by atoms with van der Waals surface area (Å²) in [6.07, 6.45) is -5.35. The first-order chi connectivity index (χ1) is 7.68. The standard InChI is InChI=1S/C11H11F5O/c1-7-6-8(11(14,15)16)2-3-9(7)10(12,13)4-5-17/h2-3,6,17H,4-5H2,1H3. The Morgan fingerprint density at radius 1 is 1.12 bits per heavy atom. The first-order valence-corrected chi connectivity index (χ1v) is 4.85. The third kappa shape index (κ3) is 3.15. The lowest BCUT2D eigenvalue weighted by Gasteiger charge is -2.19. The van der Waals surface area contributed by atoms with Crippen molar-refractivity contribution in [2.45, 2.75) is 25.4 Å². The third-order valence-electron chi connectivity index (χ3n) is 2.37. The van der Waals surface area contributed by atoms with Gasteiger partial charge in [-0.15, -0.1) is 0 Å². The Hall–Kier alpha value is -1.17. The van der Waals surface area contributed by atoms with Gasteiger partial charge in [0.25, 0.3) is 5.92 Å². The van der Waals surface area contributed by atoms with E-state index in [2.05, 4.69) is 0 Å². The second kappa shape index (κ2) is 4.60. The van der Waals surface area contributed by atoms with Crippen LogP contribution in [0.15, 0.2) is 18.2 Å². The zero-order valence-electron chi connectivity index (χ0n) is 8.98. The van der Waals surface area contributed by atoms with Crippen LogP contribution in [0.3, 0.4) is 0 Å². The summed E-state index contributed by atoms with van der Waals surface area (Å²) in [7, 11) is 0. The van der Waals surface area contributed by atoms with Gasteiger partial charge in [0, 0.05) is 18.6 Å². The van der Waals surface area contributed by atoms with Gasteiger partial charge in [-0.1, -0.05) is 6.07 Å². The van der Waals surface area contributed by atoms with Crippen molar-refractivity contribution < 1.29 is 27.1 Å². The minimum absolute atomic E-state index is 0.140. The molecule has 96 valence electrons. The number of benzene rings is 1. The number of aliphatic hydroxyl groups excluding tert-OH is 1. The van der Waals surface area contributed by atoms with Crippen LogP contribution in [0, 0.1) is 6.92 Å². The largest absolute Gasteiger partial charge is 0.416 e. The van der Waals surface area contributed by atoms with Crippen molar-refractivity contribution in [1.82, 2.24) is 0 Å². The van der Waals surface area contributed by atoms with Crippen molar-refractivity contribution >= 4 is 0 Å².